The van der Waals surface area contributed by atoms with Crippen LogP contribution in [0, 0.1) is 11.3 Å². The van der Waals surface area contributed by atoms with E-state index in [2.05, 4.69) is 0 Å². The molecule has 3 aromatic carbocycles. The average molecular weight is 521 g/mol. The number of hydrogen-bond donors (Lipinski definition) is 0. The lowest BCUT2D eigenvalue weighted by atomic mass is 10.0. The lowest BCUT2D eigenvalue weighted by Gasteiger charge is -2.26. The van der Waals surface area contributed by atoms with Gasteiger partial charge in [-0.2, -0.15) is 18.4 Å². The highest BCUT2D eigenvalue weighted by molar-refractivity contribution is 5.94. The summed E-state index contributed by atoms with van der Waals surface area (Å²) < 4.78 is 50.6. The Bertz CT molecular complexity index is 1350. The molecule has 8 heteroatoms. The molecule has 3 aromatic rings. The zero-order valence-electron chi connectivity index (χ0n) is 20.9. The van der Waals surface area contributed by atoms with Gasteiger partial charge in [0.1, 0.15) is 6.61 Å². The largest absolute Gasteiger partial charge is 0.493 e. The van der Waals surface area contributed by atoms with E-state index in [9.17, 15) is 23.2 Å². The van der Waals surface area contributed by atoms with Crippen LogP contribution >= 0.6 is 0 Å². The number of methoxy groups -OCH3 is 1. The second-order valence-corrected chi connectivity index (χ2v) is 9.00. The van der Waals surface area contributed by atoms with E-state index in [1.54, 1.807) is 30.3 Å². The highest BCUT2D eigenvalue weighted by atomic mass is 19.4. The molecule has 0 radical (unpaired) electrons. The van der Waals surface area contributed by atoms with Gasteiger partial charge in [0.05, 0.1) is 24.3 Å². The number of carbonyl (C=O) groups excluding carboxylic acids is 1. The SMILES string of the molecule is COc1cc(/C=C(/C#N)c2cccc(C(F)(F)F)c2)ccc1OCc1ccc(C(=O)N2CCCCC2)cc1. The number of piperidine rings is 1. The molecule has 4 rings (SSSR count). The normalized spacial score (nSPS) is 14.1. The standard InChI is InChI=1S/C30H27F3N2O3/c1-37-28-17-22(16-25(19-34)24-6-5-7-26(18-24)30(31,32)33)10-13-27(28)38-20-21-8-11-23(12-9-21)29(36)35-14-3-2-4-15-35/h5-13,16-18H,2-4,14-15,20H2,1H3/b25-16-. The average Bonchev–Trinajstić information content (AvgIpc) is 2.95. The van der Waals surface area contributed by atoms with Crippen molar-refractivity contribution < 1.29 is 27.4 Å². The van der Waals surface area contributed by atoms with E-state index in [0.29, 0.717) is 22.6 Å². The number of likely N-dealkylation sites (tertiary alicyclic amines) is 1. The third kappa shape index (κ3) is 6.54. The van der Waals surface area contributed by atoms with Crippen LogP contribution in [-0.4, -0.2) is 31.0 Å². The molecular formula is C30H27F3N2O3. The number of nitrogens with zero attached hydrogens (tertiary/aromatic N) is 2. The van der Waals surface area contributed by atoms with Crippen LogP contribution in [0.4, 0.5) is 13.2 Å². The summed E-state index contributed by atoms with van der Waals surface area (Å²) in [6.07, 6.45) is 0.242. The summed E-state index contributed by atoms with van der Waals surface area (Å²) in [5, 5.41) is 9.57. The Labute approximate surface area is 219 Å². The summed E-state index contributed by atoms with van der Waals surface area (Å²) in [5.41, 5.74) is 1.54. The Morgan fingerprint density at radius 2 is 1.71 bits per heavy atom. The molecule has 5 nitrogen and oxygen atoms in total. The minimum absolute atomic E-state index is 0.0457. The highest BCUT2D eigenvalue weighted by Gasteiger charge is 2.30. The van der Waals surface area contributed by atoms with Crippen molar-refractivity contribution in [1.82, 2.24) is 4.90 Å². The minimum atomic E-state index is -4.50. The van der Waals surface area contributed by atoms with Crippen LogP contribution in [0.25, 0.3) is 11.6 Å². The fourth-order valence-electron chi connectivity index (χ4n) is 4.29. The first-order valence-electron chi connectivity index (χ1n) is 12.3. The lowest BCUT2D eigenvalue weighted by molar-refractivity contribution is -0.137. The fourth-order valence-corrected chi connectivity index (χ4v) is 4.29. The van der Waals surface area contributed by atoms with E-state index in [0.717, 1.165) is 50.0 Å². The molecule has 0 aliphatic carbocycles. The van der Waals surface area contributed by atoms with E-state index in [-0.39, 0.29) is 23.7 Å². The van der Waals surface area contributed by atoms with Crippen molar-refractivity contribution in [2.45, 2.75) is 32.0 Å². The van der Waals surface area contributed by atoms with Crippen LogP contribution in [0.2, 0.25) is 0 Å². The Hall–Kier alpha value is -4.25. The van der Waals surface area contributed by atoms with Crippen molar-refractivity contribution in [3.8, 4) is 17.6 Å². The van der Waals surface area contributed by atoms with Crippen LogP contribution in [0.5, 0.6) is 11.5 Å². The lowest BCUT2D eigenvalue weighted by Crippen LogP contribution is -2.35. The van der Waals surface area contributed by atoms with Gasteiger partial charge in [-0.25, -0.2) is 0 Å². The van der Waals surface area contributed by atoms with Crippen LogP contribution < -0.4 is 9.47 Å². The zero-order valence-corrected chi connectivity index (χ0v) is 20.9. The summed E-state index contributed by atoms with van der Waals surface area (Å²) in [5.74, 6) is 0.928. The number of allylic oxidation sites excluding steroid dienone is 1. The molecular weight excluding hydrogens is 493 g/mol. The molecule has 0 spiro atoms. The molecule has 1 amide bonds. The van der Waals surface area contributed by atoms with Crippen molar-refractivity contribution >= 4 is 17.6 Å². The molecule has 38 heavy (non-hydrogen) atoms. The molecule has 0 N–H and O–H groups in total. The summed E-state index contributed by atoms with van der Waals surface area (Å²) in [7, 11) is 1.48. The molecule has 0 bridgehead atoms. The fraction of sp³-hybridized carbons (Fsp3) is 0.267. The van der Waals surface area contributed by atoms with Gasteiger partial charge in [0, 0.05) is 18.7 Å². The molecule has 1 aliphatic heterocycles. The number of benzene rings is 3. The Balaban J connectivity index is 1.45. The van der Waals surface area contributed by atoms with Crippen molar-refractivity contribution in [3.05, 3.63) is 94.5 Å². The van der Waals surface area contributed by atoms with Gasteiger partial charge in [-0.05, 0) is 78.4 Å². The number of alkyl halides is 3. The summed E-state index contributed by atoms with van der Waals surface area (Å²) >= 11 is 0. The van der Waals surface area contributed by atoms with E-state index in [1.807, 2.05) is 23.1 Å². The summed E-state index contributed by atoms with van der Waals surface area (Å²) in [4.78, 5) is 14.5. The number of carbonyl (C=O) groups is 1. The maximum Gasteiger partial charge on any atom is 0.416 e. The predicted octanol–water partition coefficient (Wildman–Crippen LogP) is 6.98. The molecule has 196 valence electrons. The number of rotatable bonds is 7. The first kappa shape index (κ1) is 26.8. The quantitative estimate of drug-likeness (QED) is 0.249. The second kappa shape index (κ2) is 11.9. The van der Waals surface area contributed by atoms with Crippen LogP contribution in [0.15, 0.2) is 66.7 Å². The van der Waals surface area contributed by atoms with Crippen molar-refractivity contribution in [3.63, 3.8) is 0 Å². The first-order valence-corrected chi connectivity index (χ1v) is 12.3. The number of halogens is 3. The van der Waals surface area contributed by atoms with Crippen LogP contribution in [0.3, 0.4) is 0 Å². The van der Waals surface area contributed by atoms with E-state index < -0.39 is 11.7 Å². The van der Waals surface area contributed by atoms with Crippen LogP contribution in [0.1, 0.15) is 51.9 Å². The van der Waals surface area contributed by atoms with Gasteiger partial charge in [0.2, 0.25) is 0 Å². The van der Waals surface area contributed by atoms with Crippen LogP contribution in [-0.2, 0) is 12.8 Å². The smallest absolute Gasteiger partial charge is 0.416 e. The second-order valence-electron chi connectivity index (χ2n) is 9.00. The number of amides is 1. The molecule has 1 aliphatic rings. The van der Waals surface area contributed by atoms with E-state index >= 15 is 0 Å². The number of hydrogen-bond acceptors (Lipinski definition) is 4. The molecule has 0 saturated carbocycles. The van der Waals surface area contributed by atoms with Crippen molar-refractivity contribution in [1.29, 1.82) is 5.26 Å². The molecule has 0 unspecified atom stereocenters. The molecule has 0 atom stereocenters. The molecule has 0 aromatic heterocycles. The molecule has 1 heterocycles. The van der Waals surface area contributed by atoms with Gasteiger partial charge in [-0.1, -0.05) is 30.3 Å². The first-order chi connectivity index (χ1) is 18.3. The summed E-state index contributed by atoms with van der Waals surface area (Å²) in [6.45, 7) is 1.84. The number of ether oxygens (including phenoxy) is 2. The zero-order chi connectivity index (χ0) is 27.1. The maximum atomic E-state index is 13.1. The van der Waals surface area contributed by atoms with Crippen molar-refractivity contribution in [2.24, 2.45) is 0 Å². The highest BCUT2D eigenvalue weighted by Crippen LogP contribution is 2.33. The number of nitriles is 1. The minimum Gasteiger partial charge on any atom is -0.493 e. The topological polar surface area (TPSA) is 62.6 Å². The third-order valence-corrected chi connectivity index (χ3v) is 6.36. The van der Waals surface area contributed by atoms with Gasteiger partial charge >= 0.3 is 6.18 Å². The van der Waals surface area contributed by atoms with E-state index in [4.69, 9.17) is 9.47 Å². The van der Waals surface area contributed by atoms with Gasteiger partial charge < -0.3 is 14.4 Å². The van der Waals surface area contributed by atoms with E-state index in [1.165, 1.54) is 25.3 Å². The Morgan fingerprint density at radius 3 is 2.37 bits per heavy atom. The van der Waals surface area contributed by atoms with Crippen molar-refractivity contribution in [2.75, 3.05) is 20.2 Å². The molecule has 1 saturated heterocycles. The third-order valence-electron chi connectivity index (χ3n) is 6.36. The predicted molar refractivity (Wildman–Crippen MR) is 138 cm³/mol. The molecule has 1 fully saturated rings. The Kier molecular flexibility index (Phi) is 8.37. The van der Waals surface area contributed by atoms with Gasteiger partial charge in [0.15, 0.2) is 11.5 Å². The maximum absolute atomic E-state index is 13.1. The summed E-state index contributed by atoms with van der Waals surface area (Å²) in [6, 6.07) is 19.0. The monoisotopic (exact) mass is 520 g/mol. The Morgan fingerprint density at radius 1 is 0.974 bits per heavy atom. The van der Waals surface area contributed by atoms with Gasteiger partial charge in [-0.15, -0.1) is 0 Å². The van der Waals surface area contributed by atoms with Gasteiger partial charge in [0.25, 0.3) is 5.91 Å². The van der Waals surface area contributed by atoms with Gasteiger partial charge in [-0.3, -0.25) is 4.79 Å².